The highest BCUT2D eigenvalue weighted by Gasteiger charge is 2.16. The number of aliphatic hydroxyl groups excluding tert-OH is 1. The molecular weight excluding hydrogens is 294 g/mol. The normalized spacial score (nSPS) is 12.0. The molecule has 0 saturated carbocycles. The fourth-order valence-corrected chi connectivity index (χ4v) is 2.23. The number of aromatic nitrogens is 2. The van der Waals surface area contributed by atoms with Gasteiger partial charge in [-0.1, -0.05) is 6.07 Å². The molecule has 1 unspecified atom stereocenters. The molecule has 6 nitrogen and oxygen atoms in total. The Kier molecular flexibility index (Phi) is 5.39. The summed E-state index contributed by atoms with van der Waals surface area (Å²) in [6.45, 7) is 4.18. The average Bonchev–Trinajstić information content (AvgIpc) is 3.01. The predicted octanol–water partition coefficient (Wildman–Crippen LogP) is 2.03. The maximum atomic E-state index is 12.4. The van der Waals surface area contributed by atoms with Crippen molar-refractivity contribution in [3.63, 3.8) is 0 Å². The van der Waals surface area contributed by atoms with Crippen LogP contribution in [0.2, 0.25) is 0 Å². The monoisotopic (exact) mass is 317 g/mol. The molecule has 2 rings (SSSR count). The van der Waals surface area contributed by atoms with Gasteiger partial charge in [0, 0.05) is 19.8 Å². The van der Waals surface area contributed by atoms with Crippen molar-refractivity contribution in [1.29, 1.82) is 0 Å². The molecule has 1 atom stereocenters. The van der Waals surface area contributed by atoms with E-state index < -0.39 is 6.10 Å². The average molecular weight is 317 g/mol. The number of amides is 1. The van der Waals surface area contributed by atoms with E-state index in [0.717, 1.165) is 11.3 Å². The Morgan fingerprint density at radius 1 is 1.43 bits per heavy atom. The van der Waals surface area contributed by atoms with Gasteiger partial charge in [0.1, 0.15) is 11.4 Å². The van der Waals surface area contributed by atoms with E-state index in [1.165, 1.54) is 0 Å². The summed E-state index contributed by atoms with van der Waals surface area (Å²) in [5, 5.41) is 13.7. The molecule has 2 aromatic rings. The topological polar surface area (TPSA) is 67.6 Å². The molecule has 23 heavy (non-hydrogen) atoms. The molecule has 0 saturated heterocycles. The van der Waals surface area contributed by atoms with Crippen LogP contribution in [0, 0.1) is 6.92 Å². The number of benzene rings is 1. The number of aliphatic hydroxyl groups is 1. The van der Waals surface area contributed by atoms with E-state index in [9.17, 15) is 9.90 Å². The molecular formula is C17H23N3O3. The van der Waals surface area contributed by atoms with Crippen molar-refractivity contribution in [2.45, 2.75) is 26.4 Å². The Hall–Kier alpha value is -2.34. The molecule has 6 heteroatoms. The van der Waals surface area contributed by atoms with Crippen LogP contribution in [-0.2, 0) is 0 Å². The molecule has 0 bridgehead atoms. The van der Waals surface area contributed by atoms with Crippen LogP contribution in [0.5, 0.6) is 5.75 Å². The number of carbonyl (C=O) groups is 1. The van der Waals surface area contributed by atoms with Crippen LogP contribution in [0.1, 0.15) is 29.4 Å². The zero-order valence-electron chi connectivity index (χ0n) is 14.0. The van der Waals surface area contributed by atoms with Crippen molar-refractivity contribution in [3.8, 4) is 11.4 Å². The molecule has 1 heterocycles. The van der Waals surface area contributed by atoms with Crippen molar-refractivity contribution in [2.24, 2.45) is 0 Å². The lowest BCUT2D eigenvalue weighted by molar-refractivity contribution is 0.0762. The molecule has 0 radical (unpaired) electrons. The van der Waals surface area contributed by atoms with Crippen LogP contribution in [0.3, 0.4) is 0 Å². The quantitative estimate of drug-likeness (QED) is 0.885. The Balaban J connectivity index is 2.20. The summed E-state index contributed by atoms with van der Waals surface area (Å²) in [7, 11) is 3.31. The van der Waals surface area contributed by atoms with Crippen LogP contribution < -0.4 is 4.74 Å². The lowest BCUT2D eigenvalue weighted by Gasteiger charge is -2.16. The Bertz CT molecular complexity index is 679. The summed E-state index contributed by atoms with van der Waals surface area (Å²) in [5.74, 6) is 0.524. The summed E-state index contributed by atoms with van der Waals surface area (Å²) >= 11 is 0. The fourth-order valence-electron chi connectivity index (χ4n) is 2.23. The van der Waals surface area contributed by atoms with Gasteiger partial charge in [-0.3, -0.25) is 4.79 Å². The molecule has 1 amide bonds. The standard InChI is InChI=1S/C17H23N3O3/c1-12-5-6-16(23-4)15(11-12)20-10-8-14(18-20)17(22)19(3)9-7-13(2)21/h5-6,8,10-11,13,21H,7,9H2,1-4H3. The number of carbonyl (C=O) groups excluding carboxylic acids is 1. The molecule has 124 valence electrons. The Morgan fingerprint density at radius 2 is 2.17 bits per heavy atom. The zero-order valence-corrected chi connectivity index (χ0v) is 14.0. The first kappa shape index (κ1) is 17.0. The zero-order chi connectivity index (χ0) is 17.0. The van der Waals surface area contributed by atoms with Gasteiger partial charge in [-0.15, -0.1) is 0 Å². The maximum Gasteiger partial charge on any atom is 0.274 e. The minimum Gasteiger partial charge on any atom is -0.494 e. The van der Waals surface area contributed by atoms with E-state index >= 15 is 0 Å². The third kappa shape index (κ3) is 4.10. The SMILES string of the molecule is COc1ccc(C)cc1-n1ccc(C(=O)N(C)CCC(C)O)n1. The van der Waals surface area contributed by atoms with Crippen molar-refractivity contribution >= 4 is 5.91 Å². The molecule has 0 aliphatic rings. The number of nitrogens with zero attached hydrogens (tertiary/aromatic N) is 3. The first-order valence-corrected chi connectivity index (χ1v) is 7.56. The molecule has 1 N–H and O–H groups in total. The summed E-state index contributed by atoms with van der Waals surface area (Å²) < 4.78 is 6.99. The van der Waals surface area contributed by atoms with Crippen molar-refractivity contribution in [2.75, 3.05) is 20.7 Å². The van der Waals surface area contributed by atoms with Crippen molar-refractivity contribution in [1.82, 2.24) is 14.7 Å². The maximum absolute atomic E-state index is 12.4. The number of methoxy groups -OCH3 is 1. The highest BCUT2D eigenvalue weighted by Crippen LogP contribution is 2.23. The van der Waals surface area contributed by atoms with Crippen LogP contribution >= 0.6 is 0 Å². The third-order valence-electron chi connectivity index (χ3n) is 3.62. The fraction of sp³-hybridized carbons (Fsp3) is 0.412. The van der Waals surface area contributed by atoms with Gasteiger partial charge in [0.25, 0.3) is 5.91 Å². The van der Waals surface area contributed by atoms with Gasteiger partial charge < -0.3 is 14.7 Å². The van der Waals surface area contributed by atoms with Crippen molar-refractivity contribution in [3.05, 3.63) is 41.7 Å². The number of hydrogen-bond acceptors (Lipinski definition) is 4. The second kappa shape index (κ2) is 7.28. The predicted molar refractivity (Wildman–Crippen MR) is 88.1 cm³/mol. The molecule has 0 aliphatic carbocycles. The lowest BCUT2D eigenvalue weighted by Crippen LogP contribution is -2.29. The van der Waals surface area contributed by atoms with Gasteiger partial charge in [-0.2, -0.15) is 5.10 Å². The highest BCUT2D eigenvalue weighted by atomic mass is 16.5. The lowest BCUT2D eigenvalue weighted by atomic mass is 10.2. The molecule has 0 fully saturated rings. The molecule has 1 aromatic carbocycles. The van der Waals surface area contributed by atoms with Gasteiger partial charge in [0.2, 0.25) is 0 Å². The van der Waals surface area contributed by atoms with E-state index in [4.69, 9.17) is 4.74 Å². The minimum atomic E-state index is -0.431. The number of aryl methyl sites for hydroxylation is 1. The third-order valence-corrected chi connectivity index (χ3v) is 3.62. The summed E-state index contributed by atoms with van der Waals surface area (Å²) in [6, 6.07) is 7.48. The van der Waals surface area contributed by atoms with Crippen LogP contribution in [0.25, 0.3) is 5.69 Å². The molecule has 1 aromatic heterocycles. The van der Waals surface area contributed by atoms with Gasteiger partial charge in [0.15, 0.2) is 5.69 Å². The van der Waals surface area contributed by atoms with Gasteiger partial charge in [0.05, 0.1) is 13.2 Å². The largest absolute Gasteiger partial charge is 0.494 e. The number of rotatable bonds is 6. The second-order valence-electron chi connectivity index (χ2n) is 5.69. The van der Waals surface area contributed by atoms with Crippen LogP contribution in [-0.4, -0.2) is 52.5 Å². The minimum absolute atomic E-state index is 0.170. The summed E-state index contributed by atoms with van der Waals surface area (Å²) in [4.78, 5) is 13.9. The Morgan fingerprint density at radius 3 is 2.83 bits per heavy atom. The Labute approximate surface area is 136 Å². The first-order chi connectivity index (χ1) is 10.9. The number of hydrogen-bond donors (Lipinski definition) is 1. The van der Waals surface area contributed by atoms with Gasteiger partial charge in [-0.05, 0) is 44.0 Å². The van der Waals surface area contributed by atoms with Gasteiger partial charge >= 0.3 is 0 Å². The highest BCUT2D eigenvalue weighted by molar-refractivity contribution is 5.92. The first-order valence-electron chi connectivity index (χ1n) is 7.56. The molecule has 0 spiro atoms. The summed E-state index contributed by atoms with van der Waals surface area (Å²) in [5.41, 5.74) is 2.23. The van der Waals surface area contributed by atoms with Gasteiger partial charge in [-0.25, -0.2) is 4.68 Å². The van der Waals surface area contributed by atoms with Crippen LogP contribution in [0.15, 0.2) is 30.5 Å². The number of ether oxygens (including phenoxy) is 1. The van der Waals surface area contributed by atoms with E-state index in [0.29, 0.717) is 24.4 Å². The second-order valence-corrected chi connectivity index (χ2v) is 5.69. The summed E-state index contributed by atoms with van der Waals surface area (Å²) in [6.07, 6.45) is 1.85. The van der Waals surface area contributed by atoms with E-state index in [1.54, 1.807) is 42.9 Å². The van der Waals surface area contributed by atoms with E-state index in [2.05, 4.69) is 5.10 Å². The van der Waals surface area contributed by atoms with E-state index in [-0.39, 0.29) is 5.91 Å². The molecule has 0 aliphatic heterocycles. The van der Waals surface area contributed by atoms with Crippen LogP contribution in [0.4, 0.5) is 0 Å². The smallest absolute Gasteiger partial charge is 0.274 e. The van der Waals surface area contributed by atoms with Crippen molar-refractivity contribution < 1.29 is 14.6 Å². The van der Waals surface area contributed by atoms with E-state index in [1.807, 2.05) is 25.1 Å².